The summed E-state index contributed by atoms with van der Waals surface area (Å²) in [7, 11) is 0. The normalized spacial score (nSPS) is 19.3. The van der Waals surface area contributed by atoms with E-state index in [4.69, 9.17) is 10.2 Å². The van der Waals surface area contributed by atoms with Gasteiger partial charge in [-0.1, -0.05) is 0 Å². The van der Waals surface area contributed by atoms with Crippen LogP contribution >= 0.6 is 0 Å². The lowest BCUT2D eigenvalue weighted by Crippen LogP contribution is -2.44. The zero-order chi connectivity index (χ0) is 8.81. The molecule has 0 saturated carbocycles. The maximum atomic E-state index is 8.99. The summed E-state index contributed by atoms with van der Waals surface area (Å²) in [6, 6.07) is 0. The number of nitrogens with zero attached hydrogens (tertiary/aromatic N) is 1. The second-order valence-electron chi connectivity index (χ2n) is 2.73. The number of hydrogen-bond acceptors (Lipinski definition) is 5. The van der Waals surface area contributed by atoms with Crippen LogP contribution in [0.15, 0.2) is 4.99 Å². The third kappa shape index (κ3) is 3.06. The first-order valence-electron chi connectivity index (χ1n) is 4.14. The van der Waals surface area contributed by atoms with Crippen LogP contribution in [-0.2, 0) is 0 Å². The van der Waals surface area contributed by atoms with Crippen molar-refractivity contribution in [2.75, 3.05) is 26.2 Å². The lowest BCUT2D eigenvalue weighted by molar-refractivity contribution is 0.0980. The highest BCUT2D eigenvalue weighted by Gasteiger charge is 2.05. The maximum absolute atomic E-state index is 8.99. The molecule has 0 aliphatic carbocycles. The van der Waals surface area contributed by atoms with Crippen molar-refractivity contribution in [3.05, 3.63) is 0 Å². The van der Waals surface area contributed by atoms with Crippen LogP contribution in [0.1, 0.15) is 6.42 Å². The summed E-state index contributed by atoms with van der Waals surface area (Å²) >= 11 is 0. The summed E-state index contributed by atoms with van der Waals surface area (Å²) in [5.74, 6) is 0.716. The maximum Gasteiger partial charge on any atom is 0.191 e. The van der Waals surface area contributed by atoms with Crippen molar-refractivity contribution in [2.24, 2.45) is 4.99 Å². The van der Waals surface area contributed by atoms with Crippen molar-refractivity contribution in [3.8, 4) is 0 Å². The summed E-state index contributed by atoms with van der Waals surface area (Å²) in [5, 5.41) is 23.5. The minimum atomic E-state index is -0.712. The van der Waals surface area contributed by atoms with E-state index in [1.165, 1.54) is 0 Å². The van der Waals surface area contributed by atoms with Gasteiger partial charge in [0.15, 0.2) is 5.96 Å². The Kier molecular flexibility index (Phi) is 3.83. The molecular formula is C7H15N3O2. The first kappa shape index (κ1) is 9.28. The molecule has 1 atom stereocenters. The molecule has 0 fully saturated rings. The molecule has 1 rings (SSSR count). The molecule has 0 radical (unpaired) electrons. The smallest absolute Gasteiger partial charge is 0.191 e. The second kappa shape index (κ2) is 4.95. The SMILES string of the molecule is OCC(O)CNC1=NCCCN1. The third-order valence-electron chi connectivity index (χ3n) is 1.61. The summed E-state index contributed by atoms with van der Waals surface area (Å²) in [5.41, 5.74) is 0. The number of rotatable bonds is 3. The predicted octanol–water partition coefficient (Wildman–Crippen LogP) is -1.72. The molecule has 0 amide bonds. The molecule has 0 bridgehead atoms. The second-order valence-corrected chi connectivity index (χ2v) is 2.73. The van der Waals surface area contributed by atoms with Crippen LogP contribution in [0, 0.1) is 0 Å². The number of guanidine groups is 1. The van der Waals surface area contributed by atoms with Gasteiger partial charge in [-0.05, 0) is 6.42 Å². The third-order valence-corrected chi connectivity index (χ3v) is 1.61. The molecule has 0 aromatic carbocycles. The van der Waals surface area contributed by atoms with Gasteiger partial charge >= 0.3 is 0 Å². The Morgan fingerprint density at radius 2 is 2.50 bits per heavy atom. The van der Waals surface area contributed by atoms with Crippen LogP contribution in [0.3, 0.4) is 0 Å². The molecule has 12 heavy (non-hydrogen) atoms. The first-order chi connectivity index (χ1) is 5.83. The van der Waals surface area contributed by atoms with Crippen LogP contribution in [0.25, 0.3) is 0 Å². The van der Waals surface area contributed by atoms with Gasteiger partial charge in [0.05, 0.1) is 12.7 Å². The molecule has 5 nitrogen and oxygen atoms in total. The van der Waals surface area contributed by atoms with Gasteiger partial charge in [-0.2, -0.15) is 0 Å². The van der Waals surface area contributed by atoms with Crippen molar-refractivity contribution in [1.29, 1.82) is 0 Å². The molecule has 0 spiro atoms. The summed E-state index contributed by atoms with van der Waals surface area (Å²) < 4.78 is 0. The van der Waals surface area contributed by atoms with E-state index < -0.39 is 6.10 Å². The molecule has 1 aliphatic rings. The van der Waals surface area contributed by atoms with E-state index in [0.717, 1.165) is 19.5 Å². The molecule has 1 unspecified atom stereocenters. The van der Waals surface area contributed by atoms with Crippen molar-refractivity contribution in [1.82, 2.24) is 10.6 Å². The van der Waals surface area contributed by atoms with Gasteiger partial charge in [0.2, 0.25) is 0 Å². The van der Waals surface area contributed by atoms with Gasteiger partial charge in [0.25, 0.3) is 0 Å². The molecule has 70 valence electrons. The van der Waals surface area contributed by atoms with Gasteiger partial charge in [0.1, 0.15) is 0 Å². The fourth-order valence-electron chi connectivity index (χ4n) is 0.930. The molecule has 5 heteroatoms. The highest BCUT2D eigenvalue weighted by atomic mass is 16.3. The number of hydrogen-bond donors (Lipinski definition) is 4. The predicted molar refractivity (Wildman–Crippen MR) is 46.0 cm³/mol. The number of nitrogens with one attached hydrogen (secondary N) is 2. The van der Waals surface area contributed by atoms with Gasteiger partial charge in [0, 0.05) is 19.6 Å². The average Bonchev–Trinajstić information content (AvgIpc) is 2.16. The lowest BCUT2D eigenvalue weighted by Gasteiger charge is -2.17. The summed E-state index contributed by atoms with van der Waals surface area (Å²) in [6.07, 6.45) is 0.338. The monoisotopic (exact) mass is 173 g/mol. The Hall–Kier alpha value is -0.810. The van der Waals surface area contributed by atoms with Crippen LogP contribution in [0.5, 0.6) is 0 Å². The van der Waals surface area contributed by atoms with E-state index in [2.05, 4.69) is 15.6 Å². The van der Waals surface area contributed by atoms with Crippen LogP contribution < -0.4 is 10.6 Å². The van der Waals surface area contributed by atoms with Gasteiger partial charge in [-0.25, -0.2) is 0 Å². The molecular weight excluding hydrogens is 158 g/mol. The lowest BCUT2D eigenvalue weighted by atomic mass is 10.3. The molecule has 1 heterocycles. The van der Waals surface area contributed by atoms with E-state index >= 15 is 0 Å². The fraction of sp³-hybridized carbons (Fsp3) is 0.857. The van der Waals surface area contributed by atoms with Crippen LogP contribution in [0.4, 0.5) is 0 Å². The van der Waals surface area contributed by atoms with Crippen LogP contribution in [0.2, 0.25) is 0 Å². The quantitative estimate of drug-likeness (QED) is 0.409. The van der Waals surface area contributed by atoms with E-state index in [1.807, 2.05) is 0 Å². The molecule has 4 N–H and O–H groups in total. The van der Waals surface area contributed by atoms with Crippen molar-refractivity contribution in [2.45, 2.75) is 12.5 Å². The zero-order valence-corrected chi connectivity index (χ0v) is 6.95. The minimum Gasteiger partial charge on any atom is -0.394 e. The zero-order valence-electron chi connectivity index (χ0n) is 6.95. The van der Waals surface area contributed by atoms with E-state index in [-0.39, 0.29) is 6.61 Å². The highest BCUT2D eigenvalue weighted by Crippen LogP contribution is 1.87. The number of aliphatic imine (C=N–C) groups is 1. The highest BCUT2D eigenvalue weighted by molar-refractivity contribution is 5.80. The Labute approximate surface area is 71.5 Å². The summed E-state index contributed by atoms with van der Waals surface area (Å²) in [6.45, 7) is 1.86. The standard InChI is InChI=1S/C7H15N3O2/c11-5-6(12)4-10-7-8-2-1-3-9-7/h6,11-12H,1-5H2,(H2,8,9,10). The van der Waals surface area contributed by atoms with Gasteiger partial charge < -0.3 is 20.8 Å². The first-order valence-corrected chi connectivity index (χ1v) is 4.14. The average molecular weight is 173 g/mol. The van der Waals surface area contributed by atoms with Crippen molar-refractivity contribution < 1.29 is 10.2 Å². The minimum absolute atomic E-state index is 0.222. The van der Waals surface area contributed by atoms with Crippen molar-refractivity contribution >= 4 is 5.96 Å². The van der Waals surface area contributed by atoms with E-state index in [0.29, 0.717) is 12.5 Å². The topological polar surface area (TPSA) is 76.9 Å². The molecule has 0 saturated heterocycles. The van der Waals surface area contributed by atoms with E-state index in [1.54, 1.807) is 0 Å². The van der Waals surface area contributed by atoms with Gasteiger partial charge in [-0.15, -0.1) is 0 Å². The Morgan fingerprint density at radius 1 is 1.67 bits per heavy atom. The number of aliphatic hydroxyl groups excluding tert-OH is 2. The van der Waals surface area contributed by atoms with Crippen LogP contribution in [-0.4, -0.2) is 48.5 Å². The summed E-state index contributed by atoms with van der Waals surface area (Å²) in [4.78, 5) is 4.14. The fourth-order valence-corrected chi connectivity index (χ4v) is 0.930. The van der Waals surface area contributed by atoms with Crippen molar-refractivity contribution in [3.63, 3.8) is 0 Å². The molecule has 0 aromatic rings. The Morgan fingerprint density at radius 3 is 3.08 bits per heavy atom. The molecule has 1 aliphatic heterocycles. The van der Waals surface area contributed by atoms with Gasteiger partial charge in [-0.3, -0.25) is 4.99 Å². The largest absolute Gasteiger partial charge is 0.394 e. The molecule has 0 aromatic heterocycles. The van der Waals surface area contributed by atoms with E-state index in [9.17, 15) is 0 Å². The number of aliphatic hydroxyl groups is 2. The Balaban J connectivity index is 2.17. The Bertz CT molecular complexity index is 161.